The number of rotatable bonds is 0. The van der Waals surface area contributed by atoms with Gasteiger partial charge in [-0.25, -0.2) is 0 Å². The third-order valence-electron chi connectivity index (χ3n) is 7.41. The van der Waals surface area contributed by atoms with Crippen LogP contribution < -0.4 is 0 Å². The summed E-state index contributed by atoms with van der Waals surface area (Å²) >= 11 is 0. The van der Waals surface area contributed by atoms with Gasteiger partial charge in [-0.05, 0) is 66.6 Å². The van der Waals surface area contributed by atoms with E-state index < -0.39 is 0 Å². The van der Waals surface area contributed by atoms with Crippen molar-refractivity contribution in [2.24, 2.45) is 28.1 Å². The van der Waals surface area contributed by atoms with Crippen molar-refractivity contribution in [2.45, 2.75) is 85.5 Å². The SMILES string of the molecule is CC1(C)CCCC2(C)C1CCC1(C)CCCCC12. The smallest absolute Gasteiger partial charge is 0.0259 e. The van der Waals surface area contributed by atoms with Crippen molar-refractivity contribution >= 4 is 0 Å². The van der Waals surface area contributed by atoms with Crippen molar-refractivity contribution in [2.75, 3.05) is 0 Å². The Morgan fingerprint density at radius 1 is 0.667 bits per heavy atom. The van der Waals surface area contributed by atoms with Crippen LogP contribution in [0.5, 0.6) is 0 Å². The van der Waals surface area contributed by atoms with Gasteiger partial charge in [0.25, 0.3) is 0 Å². The van der Waals surface area contributed by atoms with Crippen molar-refractivity contribution in [3.8, 4) is 0 Å². The molecule has 0 N–H and O–H groups in total. The molecule has 3 aliphatic carbocycles. The Morgan fingerprint density at radius 3 is 2.22 bits per heavy atom. The van der Waals surface area contributed by atoms with Crippen LogP contribution in [0.4, 0.5) is 0 Å². The molecule has 0 spiro atoms. The first-order chi connectivity index (χ1) is 8.39. The molecule has 18 heavy (non-hydrogen) atoms. The molecule has 104 valence electrons. The molecule has 0 aliphatic heterocycles. The van der Waals surface area contributed by atoms with Crippen LogP contribution in [-0.2, 0) is 0 Å². The summed E-state index contributed by atoms with van der Waals surface area (Å²) in [5.41, 5.74) is 1.96. The maximum absolute atomic E-state index is 2.67. The zero-order valence-corrected chi connectivity index (χ0v) is 13.0. The van der Waals surface area contributed by atoms with E-state index in [1.54, 1.807) is 0 Å². The Balaban J connectivity index is 1.96. The summed E-state index contributed by atoms with van der Waals surface area (Å²) in [5, 5.41) is 0. The van der Waals surface area contributed by atoms with Crippen LogP contribution in [-0.4, -0.2) is 0 Å². The van der Waals surface area contributed by atoms with E-state index in [2.05, 4.69) is 27.7 Å². The molecule has 0 radical (unpaired) electrons. The van der Waals surface area contributed by atoms with Crippen LogP contribution in [0.3, 0.4) is 0 Å². The highest BCUT2D eigenvalue weighted by Crippen LogP contribution is 2.67. The molecule has 0 aromatic carbocycles. The van der Waals surface area contributed by atoms with Crippen molar-refractivity contribution in [1.82, 2.24) is 0 Å². The summed E-state index contributed by atoms with van der Waals surface area (Å²) < 4.78 is 0. The van der Waals surface area contributed by atoms with Gasteiger partial charge in [-0.15, -0.1) is 0 Å². The molecule has 4 atom stereocenters. The molecule has 3 fully saturated rings. The minimum absolute atomic E-state index is 0.603. The highest BCUT2D eigenvalue weighted by atomic mass is 14.6. The maximum atomic E-state index is 2.67. The molecule has 3 rings (SSSR count). The lowest BCUT2D eigenvalue weighted by Crippen LogP contribution is -2.55. The maximum Gasteiger partial charge on any atom is -0.0259 e. The molecule has 0 heterocycles. The van der Waals surface area contributed by atoms with E-state index >= 15 is 0 Å². The number of fused-ring (bicyclic) bond motifs is 3. The minimum atomic E-state index is 0.603. The fourth-order valence-electron chi connectivity index (χ4n) is 6.60. The average Bonchev–Trinajstić information content (AvgIpc) is 2.27. The van der Waals surface area contributed by atoms with Crippen LogP contribution >= 0.6 is 0 Å². The first-order valence-corrected chi connectivity index (χ1v) is 8.39. The second kappa shape index (κ2) is 4.00. The summed E-state index contributed by atoms with van der Waals surface area (Å²) in [4.78, 5) is 0. The third kappa shape index (κ3) is 1.70. The predicted octanol–water partition coefficient (Wildman–Crippen LogP) is 5.81. The Hall–Kier alpha value is 0. The number of hydrogen-bond acceptors (Lipinski definition) is 0. The first kappa shape index (κ1) is 13.0. The van der Waals surface area contributed by atoms with Crippen LogP contribution in [0.1, 0.15) is 85.5 Å². The van der Waals surface area contributed by atoms with Gasteiger partial charge >= 0.3 is 0 Å². The van der Waals surface area contributed by atoms with Gasteiger partial charge in [-0.2, -0.15) is 0 Å². The van der Waals surface area contributed by atoms with Crippen LogP contribution in [0.15, 0.2) is 0 Å². The normalized spacial score (nSPS) is 51.3. The Labute approximate surface area is 114 Å². The molecule has 0 amide bonds. The quantitative estimate of drug-likeness (QED) is 0.507. The van der Waals surface area contributed by atoms with Gasteiger partial charge in [-0.1, -0.05) is 47.0 Å². The zero-order chi connectivity index (χ0) is 13.0. The lowest BCUT2D eigenvalue weighted by Gasteiger charge is -2.64. The van der Waals surface area contributed by atoms with E-state index in [1.165, 1.54) is 57.8 Å². The Kier molecular flexibility index (Phi) is 2.89. The van der Waals surface area contributed by atoms with Crippen molar-refractivity contribution in [3.05, 3.63) is 0 Å². The highest BCUT2D eigenvalue weighted by Gasteiger charge is 2.58. The molecule has 4 unspecified atom stereocenters. The summed E-state index contributed by atoms with van der Waals surface area (Å²) in [5.74, 6) is 2.02. The van der Waals surface area contributed by atoms with E-state index in [-0.39, 0.29) is 0 Å². The lowest BCUT2D eigenvalue weighted by molar-refractivity contribution is -0.143. The van der Waals surface area contributed by atoms with E-state index in [9.17, 15) is 0 Å². The standard InChI is InChI=1S/C18H32/c1-16(2)10-7-12-18(4)14(16)9-13-17(3)11-6-5-8-15(17)18/h14-15H,5-13H2,1-4H3. The average molecular weight is 248 g/mol. The van der Waals surface area contributed by atoms with Gasteiger partial charge in [0, 0.05) is 0 Å². The van der Waals surface area contributed by atoms with Crippen LogP contribution in [0.25, 0.3) is 0 Å². The summed E-state index contributed by atoms with van der Waals surface area (Å²) in [7, 11) is 0. The van der Waals surface area contributed by atoms with Gasteiger partial charge in [0.2, 0.25) is 0 Å². The molecule has 3 saturated carbocycles. The van der Waals surface area contributed by atoms with Gasteiger partial charge in [0.15, 0.2) is 0 Å². The predicted molar refractivity (Wildman–Crippen MR) is 78.5 cm³/mol. The van der Waals surface area contributed by atoms with Gasteiger partial charge < -0.3 is 0 Å². The van der Waals surface area contributed by atoms with E-state index in [0.29, 0.717) is 16.2 Å². The fraction of sp³-hybridized carbons (Fsp3) is 1.00. The van der Waals surface area contributed by atoms with Crippen molar-refractivity contribution in [1.29, 1.82) is 0 Å². The first-order valence-electron chi connectivity index (χ1n) is 8.39. The number of hydrogen-bond donors (Lipinski definition) is 0. The minimum Gasteiger partial charge on any atom is -0.0596 e. The third-order valence-corrected chi connectivity index (χ3v) is 7.41. The fourth-order valence-corrected chi connectivity index (χ4v) is 6.60. The molecule has 0 nitrogen and oxygen atoms in total. The monoisotopic (exact) mass is 248 g/mol. The van der Waals surface area contributed by atoms with Crippen molar-refractivity contribution < 1.29 is 0 Å². The van der Waals surface area contributed by atoms with E-state index in [0.717, 1.165) is 11.8 Å². The summed E-state index contributed by atoms with van der Waals surface area (Å²) in [6, 6.07) is 0. The van der Waals surface area contributed by atoms with Gasteiger partial charge in [0.1, 0.15) is 0 Å². The highest BCUT2D eigenvalue weighted by molar-refractivity contribution is 5.07. The van der Waals surface area contributed by atoms with Gasteiger partial charge in [0.05, 0.1) is 0 Å². The largest absolute Gasteiger partial charge is 0.0596 e. The van der Waals surface area contributed by atoms with Gasteiger partial charge in [-0.3, -0.25) is 0 Å². The molecule has 0 heteroatoms. The van der Waals surface area contributed by atoms with E-state index in [1.807, 2.05) is 0 Å². The van der Waals surface area contributed by atoms with Crippen LogP contribution in [0.2, 0.25) is 0 Å². The second-order valence-corrected chi connectivity index (χ2v) is 8.89. The molecular formula is C18H32. The molecule has 0 aromatic heterocycles. The molecule has 0 aromatic rings. The molecule has 0 bridgehead atoms. The van der Waals surface area contributed by atoms with E-state index in [4.69, 9.17) is 0 Å². The van der Waals surface area contributed by atoms with Crippen LogP contribution in [0, 0.1) is 28.1 Å². The topological polar surface area (TPSA) is 0 Å². The Bertz CT molecular complexity index is 329. The zero-order valence-electron chi connectivity index (χ0n) is 13.0. The Morgan fingerprint density at radius 2 is 1.44 bits per heavy atom. The second-order valence-electron chi connectivity index (χ2n) is 8.89. The molecule has 0 saturated heterocycles. The summed E-state index contributed by atoms with van der Waals surface area (Å²) in [6.07, 6.45) is 13.5. The summed E-state index contributed by atoms with van der Waals surface area (Å²) in [6.45, 7) is 10.4. The molecular weight excluding hydrogens is 216 g/mol. The van der Waals surface area contributed by atoms with Crippen molar-refractivity contribution in [3.63, 3.8) is 0 Å². The molecule has 3 aliphatic rings. The lowest BCUT2D eigenvalue weighted by atomic mass is 9.41.